The number of nitrogens with zero attached hydrogens (tertiary/aromatic N) is 2. The Balaban J connectivity index is 1.17. The molecule has 2 amide bonds. The predicted molar refractivity (Wildman–Crippen MR) is 128 cm³/mol. The molecule has 2 N–H and O–H groups in total. The number of hydrogen-bond acceptors (Lipinski definition) is 4. The molecule has 2 heterocycles. The van der Waals surface area contributed by atoms with Gasteiger partial charge in [-0.1, -0.05) is 17.7 Å². The first-order chi connectivity index (χ1) is 15.8. The highest BCUT2D eigenvalue weighted by Gasteiger charge is 2.35. The lowest BCUT2D eigenvalue weighted by Crippen LogP contribution is -2.63. The van der Waals surface area contributed by atoms with Crippen LogP contribution in [-0.4, -0.2) is 53.0 Å². The van der Waals surface area contributed by atoms with Gasteiger partial charge in [0.25, 0.3) is 11.5 Å². The Morgan fingerprint density at radius 2 is 1.79 bits per heavy atom. The van der Waals surface area contributed by atoms with Crippen LogP contribution in [-0.2, 0) is 11.8 Å². The molecule has 1 aliphatic carbocycles. The summed E-state index contributed by atoms with van der Waals surface area (Å²) in [5.41, 5.74) is 3.75. The third kappa shape index (κ3) is 5.53. The second-order valence-corrected chi connectivity index (χ2v) is 9.65. The number of aromatic nitrogens is 1. The molecular formula is C26H34N4O3. The first-order valence-electron chi connectivity index (χ1n) is 11.9. The quantitative estimate of drug-likeness (QED) is 0.707. The molecule has 2 aliphatic rings. The molecule has 1 saturated heterocycles. The molecule has 2 fully saturated rings. The molecule has 1 saturated carbocycles. The van der Waals surface area contributed by atoms with E-state index in [1.165, 1.54) is 5.56 Å². The topological polar surface area (TPSA) is 83.4 Å². The number of pyridine rings is 1. The van der Waals surface area contributed by atoms with Gasteiger partial charge < -0.3 is 15.2 Å². The smallest absolute Gasteiger partial charge is 0.253 e. The second-order valence-electron chi connectivity index (χ2n) is 9.65. The van der Waals surface area contributed by atoms with Crippen molar-refractivity contribution < 1.29 is 9.59 Å². The van der Waals surface area contributed by atoms with Crippen LogP contribution in [0.4, 0.5) is 0 Å². The van der Waals surface area contributed by atoms with Gasteiger partial charge in [-0.25, -0.2) is 0 Å². The molecule has 33 heavy (non-hydrogen) atoms. The zero-order valence-corrected chi connectivity index (χ0v) is 19.8. The number of benzene rings is 1. The van der Waals surface area contributed by atoms with Crippen LogP contribution < -0.4 is 16.2 Å². The molecule has 7 heteroatoms. The van der Waals surface area contributed by atoms with E-state index in [0.717, 1.165) is 49.9 Å². The van der Waals surface area contributed by atoms with Crippen molar-refractivity contribution in [2.75, 3.05) is 19.6 Å². The minimum atomic E-state index is -0.227. The minimum absolute atomic E-state index is 0.00657. The molecule has 0 bridgehead atoms. The summed E-state index contributed by atoms with van der Waals surface area (Å²) in [6.07, 6.45) is 6.52. The van der Waals surface area contributed by atoms with Crippen molar-refractivity contribution in [3.05, 3.63) is 69.1 Å². The van der Waals surface area contributed by atoms with Crippen LogP contribution in [0.15, 0.2) is 41.3 Å². The van der Waals surface area contributed by atoms with E-state index in [0.29, 0.717) is 17.5 Å². The summed E-state index contributed by atoms with van der Waals surface area (Å²) in [4.78, 5) is 38.9. The number of amides is 2. The van der Waals surface area contributed by atoms with E-state index < -0.39 is 0 Å². The third-order valence-electron chi connectivity index (χ3n) is 7.03. The molecule has 176 valence electrons. The van der Waals surface area contributed by atoms with Crippen LogP contribution >= 0.6 is 0 Å². The normalized spacial score (nSPS) is 21.3. The summed E-state index contributed by atoms with van der Waals surface area (Å²) in [7, 11) is 1.83. The van der Waals surface area contributed by atoms with E-state index >= 15 is 0 Å². The standard InChI is InChI=1S/C26H34N4O3/c1-17-5-4-6-20(11-17)25(32)27-13-24(31)28-22-15-30(16-22)23-9-7-19(8-10-23)21-12-18(2)26(33)29(3)14-21/h4-6,11-12,14,19,22-23H,7-10,13,15-16H2,1-3H3,(H,27,32)(H,28,31)/t19-,23+. The van der Waals surface area contributed by atoms with E-state index in [2.05, 4.69) is 21.6 Å². The molecule has 1 aromatic carbocycles. The molecule has 4 rings (SSSR count). The number of likely N-dealkylation sites (tertiary alicyclic amines) is 1. The molecule has 0 atom stereocenters. The summed E-state index contributed by atoms with van der Waals surface area (Å²) >= 11 is 0. The van der Waals surface area contributed by atoms with Gasteiger partial charge >= 0.3 is 0 Å². The summed E-state index contributed by atoms with van der Waals surface area (Å²) < 4.78 is 1.70. The van der Waals surface area contributed by atoms with Crippen molar-refractivity contribution in [2.45, 2.75) is 57.5 Å². The van der Waals surface area contributed by atoms with Crippen LogP contribution in [0.2, 0.25) is 0 Å². The van der Waals surface area contributed by atoms with E-state index in [9.17, 15) is 14.4 Å². The van der Waals surface area contributed by atoms with Crippen molar-refractivity contribution in [1.29, 1.82) is 0 Å². The Kier molecular flexibility index (Phi) is 6.98. The first-order valence-corrected chi connectivity index (χ1v) is 11.9. The first kappa shape index (κ1) is 23.2. The number of nitrogens with one attached hydrogen (secondary N) is 2. The maximum Gasteiger partial charge on any atom is 0.253 e. The number of carbonyl (C=O) groups excluding carboxylic acids is 2. The largest absolute Gasteiger partial charge is 0.349 e. The van der Waals surface area contributed by atoms with Gasteiger partial charge in [0.05, 0.1) is 12.6 Å². The van der Waals surface area contributed by atoms with Crippen LogP contribution in [0.25, 0.3) is 0 Å². The molecular weight excluding hydrogens is 416 g/mol. The highest BCUT2D eigenvalue weighted by Crippen LogP contribution is 2.35. The summed E-state index contributed by atoms with van der Waals surface area (Å²) in [5, 5.41) is 5.73. The number of aryl methyl sites for hydroxylation is 3. The van der Waals surface area contributed by atoms with Crippen molar-refractivity contribution in [3.63, 3.8) is 0 Å². The fraction of sp³-hybridized carbons (Fsp3) is 0.500. The summed E-state index contributed by atoms with van der Waals surface area (Å²) in [6.45, 7) is 5.55. The van der Waals surface area contributed by atoms with Gasteiger partial charge in [-0.15, -0.1) is 0 Å². The molecule has 0 radical (unpaired) electrons. The maximum atomic E-state index is 12.2. The SMILES string of the molecule is Cc1cccc(C(=O)NCC(=O)NC2CN([C@H]3CC[C@@H](c4cc(C)c(=O)n(C)c4)CC3)C2)c1. The summed E-state index contributed by atoms with van der Waals surface area (Å²) in [5.74, 6) is 0.143. The average molecular weight is 451 g/mol. The zero-order chi connectivity index (χ0) is 23.5. The Morgan fingerprint density at radius 1 is 1.06 bits per heavy atom. The van der Waals surface area contributed by atoms with E-state index in [-0.39, 0.29) is 30.0 Å². The monoisotopic (exact) mass is 450 g/mol. The Morgan fingerprint density at radius 3 is 2.45 bits per heavy atom. The van der Waals surface area contributed by atoms with Gasteiger partial charge in [-0.2, -0.15) is 0 Å². The Labute approximate surface area is 195 Å². The van der Waals surface area contributed by atoms with Crippen LogP contribution in [0.3, 0.4) is 0 Å². The molecule has 2 aromatic rings. The number of rotatable bonds is 6. The van der Waals surface area contributed by atoms with Crippen molar-refractivity contribution in [3.8, 4) is 0 Å². The van der Waals surface area contributed by atoms with Crippen LogP contribution in [0, 0.1) is 13.8 Å². The van der Waals surface area contributed by atoms with Crippen LogP contribution in [0.5, 0.6) is 0 Å². The molecule has 7 nitrogen and oxygen atoms in total. The van der Waals surface area contributed by atoms with Crippen molar-refractivity contribution in [1.82, 2.24) is 20.1 Å². The predicted octanol–water partition coefficient (Wildman–Crippen LogP) is 2.26. The van der Waals surface area contributed by atoms with E-state index in [1.807, 2.05) is 45.3 Å². The van der Waals surface area contributed by atoms with Crippen LogP contribution in [0.1, 0.15) is 58.6 Å². The van der Waals surface area contributed by atoms with Gasteiger partial charge in [0.1, 0.15) is 0 Å². The third-order valence-corrected chi connectivity index (χ3v) is 7.03. The average Bonchev–Trinajstić information content (AvgIpc) is 2.77. The fourth-order valence-electron chi connectivity index (χ4n) is 5.14. The molecule has 1 aromatic heterocycles. The Bertz CT molecular complexity index is 1050. The van der Waals surface area contributed by atoms with Gasteiger partial charge in [0.2, 0.25) is 5.91 Å². The Hall–Kier alpha value is -2.93. The molecule has 0 unspecified atom stereocenters. The molecule has 1 aliphatic heterocycles. The minimum Gasteiger partial charge on any atom is -0.349 e. The summed E-state index contributed by atoms with van der Waals surface area (Å²) in [6, 6.07) is 10.1. The number of hydrogen-bond donors (Lipinski definition) is 2. The van der Waals surface area contributed by atoms with Gasteiger partial charge in [0.15, 0.2) is 0 Å². The van der Waals surface area contributed by atoms with Gasteiger partial charge in [-0.3, -0.25) is 19.3 Å². The molecule has 0 spiro atoms. The lowest BCUT2D eigenvalue weighted by molar-refractivity contribution is -0.122. The fourth-order valence-corrected chi connectivity index (χ4v) is 5.14. The zero-order valence-electron chi connectivity index (χ0n) is 19.8. The van der Waals surface area contributed by atoms with E-state index in [4.69, 9.17) is 0 Å². The highest BCUT2D eigenvalue weighted by atomic mass is 16.2. The second kappa shape index (κ2) is 9.91. The maximum absolute atomic E-state index is 12.2. The van der Waals surface area contributed by atoms with E-state index in [1.54, 1.807) is 10.6 Å². The van der Waals surface area contributed by atoms with Crippen molar-refractivity contribution >= 4 is 11.8 Å². The lowest BCUT2D eigenvalue weighted by Gasteiger charge is -2.46. The van der Waals surface area contributed by atoms with Gasteiger partial charge in [-0.05, 0) is 69.2 Å². The highest BCUT2D eigenvalue weighted by molar-refractivity contribution is 5.96. The van der Waals surface area contributed by atoms with Gasteiger partial charge in [0, 0.05) is 43.5 Å². The van der Waals surface area contributed by atoms with Crippen molar-refractivity contribution in [2.24, 2.45) is 7.05 Å². The lowest BCUT2D eigenvalue weighted by atomic mass is 9.80. The number of carbonyl (C=O) groups is 2.